The monoisotopic (exact) mass is 352 g/mol. The molecule has 0 N–H and O–H groups in total. The van der Waals surface area contributed by atoms with Crippen LogP contribution in [0.15, 0.2) is 72.3 Å². The fraction of sp³-hybridized carbons (Fsp3) is 0.0588. The Bertz CT molecular complexity index is 665. The van der Waals surface area contributed by atoms with E-state index in [-0.39, 0.29) is 0 Å². The van der Waals surface area contributed by atoms with E-state index in [0.29, 0.717) is 10.1 Å². The molecular weight excluding hydrogens is 338 g/mol. The number of halogens is 2. The van der Waals surface area contributed by atoms with Gasteiger partial charge in [0.25, 0.3) is 0 Å². The number of hydrogen-bond donors (Lipinski definition) is 0. The van der Waals surface area contributed by atoms with Crippen molar-refractivity contribution in [3.8, 4) is 0 Å². The Balaban J connectivity index is 2.35. The molecule has 0 heterocycles. The molecule has 0 aliphatic heterocycles. The van der Waals surface area contributed by atoms with Crippen molar-refractivity contribution in [2.24, 2.45) is 0 Å². The van der Waals surface area contributed by atoms with Gasteiger partial charge in [-0.05, 0) is 11.1 Å². The predicted molar refractivity (Wildman–Crippen MR) is 95.2 cm³/mol. The highest BCUT2D eigenvalue weighted by Crippen LogP contribution is 2.54. The van der Waals surface area contributed by atoms with E-state index in [0.717, 1.165) is 11.1 Å². The van der Waals surface area contributed by atoms with Gasteiger partial charge in [-0.2, -0.15) is 0 Å². The minimum Gasteiger partial charge on any atom is -0.326 e. The van der Waals surface area contributed by atoms with E-state index >= 15 is 0 Å². The fourth-order valence-electron chi connectivity index (χ4n) is 1.80. The first-order valence-corrected chi connectivity index (χ1v) is 9.09. The maximum absolute atomic E-state index is 12.8. The van der Waals surface area contributed by atoms with Gasteiger partial charge in [-0.3, -0.25) is 4.57 Å². The molecule has 0 spiro atoms. The van der Waals surface area contributed by atoms with Gasteiger partial charge in [-0.15, -0.1) is 0 Å². The maximum atomic E-state index is 12.8. The lowest BCUT2D eigenvalue weighted by atomic mass is 10.2. The van der Waals surface area contributed by atoms with Gasteiger partial charge in [0.15, 0.2) is 0 Å². The molecule has 0 aromatic heterocycles. The lowest BCUT2D eigenvalue weighted by Crippen LogP contribution is -1.83. The van der Waals surface area contributed by atoms with Crippen molar-refractivity contribution in [1.82, 2.24) is 0 Å². The molecule has 0 bridgehead atoms. The van der Waals surface area contributed by atoms with Crippen molar-refractivity contribution in [2.45, 2.75) is 0 Å². The topological polar surface area (TPSA) is 26.3 Å². The molecule has 2 rings (SSSR count). The first-order valence-electron chi connectivity index (χ1n) is 6.57. The highest BCUT2D eigenvalue weighted by Gasteiger charge is 2.18. The smallest absolute Gasteiger partial charge is 0.249 e. The van der Waals surface area contributed by atoms with Crippen LogP contribution in [0.25, 0.3) is 10.1 Å². The second-order valence-corrected chi connectivity index (χ2v) is 7.50. The van der Waals surface area contributed by atoms with Crippen molar-refractivity contribution in [3.05, 3.63) is 83.4 Å². The summed E-state index contributed by atoms with van der Waals surface area (Å²) < 4.78 is 18.0. The van der Waals surface area contributed by atoms with Crippen molar-refractivity contribution in [2.75, 3.05) is 7.11 Å². The molecule has 5 heteroatoms. The van der Waals surface area contributed by atoms with Gasteiger partial charge in [0.05, 0.1) is 10.1 Å². The van der Waals surface area contributed by atoms with Gasteiger partial charge in [0.2, 0.25) is 7.37 Å². The third-order valence-electron chi connectivity index (χ3n) is 2.97. The minimum absolute atomic E-state index is 0.361. The fourth-order valence-corrected chi connectivity index (χ4v) is 4.09. The minimum atomic E-state index is -3.23. The quantitative estimate of drug-likeness (QED) is 0.583. The molecule has 114 valence electrons. The summed E-state index contributed by atoms with van der Waals surface area (Å²) in [6.07, 6.45) is 0. The van der Waals surface area contributed by atoms with Gasteiger partial charge in [-0.25, -0.2) is 0 Å². The van der Waals surface area contributed by atoms with E-state index in [9.17, 15) is 4.57 Å². The summed E-state index contributed by atoms with van der Waals surface area (Å²) in [5.74, 6) is 2.82. The van der Waals surface area contributed by atoms with Crippen molar-refractivity contribution >= 4 is 40.6 Å². The molecular formula is C17H15Cl2O2P. The van der Waals surface area contributed by atoms with Crippen molar-refractivity contribution in [1.29, 1.82) is 0 Å². The van der Waals surface area contributed by atoms with Crippen LogP contribution in [0.3, 0.4) is 0 Å². The summed E-state index contributed by atoms with van der Waals surface area (Å²) in [6.45, 7) is 0. The average molecular weight is 353 g/mol. The van der Waals surface area contributed by atoms with E-state index in [2.05, 4.69) is 0 Å². The first-order chi connectivity index (χ1) is 10.5. The van der Waals surface area contributed by atoms with Crippen LogP contribution in [-0.4, -0.2) is 7.11 Å². The van der Waals surface area contributed by atoms with Crippen LogP contribution in [0.4, 0.5) is 0 Å². The lowest BCUT2D eigenvalue weighted by Gasteiger charge is -2.10. The maximum Gasteiger partial charge on any atom is 0.249 e. The Morgan fingerprint density at radius 3 is 1.55 bits per heavy atom. The van der Waals surface area contributed by atoms with E-state index in [1.165, 1.54) is 18.7 Å². The van der Waals surface area contributed by atoms with Crippen LogP contribution in [0.2, 0.25) is 0 Å². The normalized spacial score (nSPS) is 13.2. The summed E-state index contributed by atoms with van der Waals surface area (Å²) in [5.41, 5.74) is 1.54. The molecule has 0 saturated heterocycles. The molecule has 22 heavy (non-hydrogen) atoms. The Morgan fingerprint density at radius 2 is 1.23 bits per heavy atom. The highest BCUT2D eigenvalue weighted by molar-refractivity contribution is 7.66. The molecule has 0 fully saturated rings. The first kappa shape index (κ1) is 17.1. The van der Waals surface area contributed by atoms with Crippen LogP contribution in [0.1, 0.15) is 11.1 Å². The van der Waals surface area contributed by atoms with Crippen LogP contribution in [0.5, 0.6) is 0 Å². The molecule has 2 aromatic rings. The van der Waals surface area contributed by atoms with Crippen LogP contribution in [-0.2, 0) is 9.09 Å². The Morgan fingerprint density at radius 1 is 0.864 bits per heavy atom. The number of benzene rings is 2. The Labute approximate surface area is 140 Å². The largest absolute Gasteiger partial charge is 0.326 e. The summed E-state index contributed by atoms with van der Waals surface area (Å²) in [6, 6.07) is 18.5. The summed E-state index contributed by atoms with van der Waals surface area (Å²) in [5, 5.41) is 0.721. The van der Waals surface area contributed by atoms with E-state index in [1.807, 2.05) is 60.7 Å². The molecule has 0 atom stereocenters. The lowest BCUT2D eigenvalue weighted by molar-refractivity contribution is 0.411. The van der Waals surface area contributed by atoms with Crippen molar-refractivity contribution < 1.29 is 9.09 Å². The average Bonchev–Trinajstić information content (AvgIpc) is 2.56. The number of hydrogen-bond acceptors (Lipinski definition) is 2. The summed E-state index contributed by atoms with van der Waals surface area (Å²) in [7, 11) is -1.86. The van der Waals surface area contributed by atoms with Crippen molar-refractivity contribution in [3.63, 3.8) is 0 Å². The number of rotatable bonds is 5. The molecule has 0 aliphatic rings. The summed E-state index contributed by atoms with van der Waals surface area (Å²) >= 11 is 12.5. The summed E-state index contributed by atoms with van der Waals surface area (Å²) in [4.78, 5) is 0. The van der Waals surface area contributed by atoms with E-state index in [1.54, 1.807) is 0 Å². The predicted octanol–water partition coefficient (Wildman–Crippen LogP) is 6.39. The second kappa shape index (κ2) is 7.80. The molecule has 0 unspecified atom stereocenters. The van der Waals surface area contributed by atoms with Crippen LogP contribution in [0, 0.1) is 0 Å². The Kier molecular flexibility index (Phi) is 6.05. The van der Waals surface area contributed by atoms with Crippen LogP contribution < -0.4 is 0 Å². The molecule has 2 aromatic carbocycles. The zero-order chi connectivity index (χ0) is 16.0. The van der Waals surface area contributed by atoms with Gasteiger partial charge in [0, 0.05) is 18.7 Å². The zero-order valence-corrected chi connectivity index (χ0v) is 14.4. The standard InChI is InChI=1S/C17H15Cl2O2P/c1-21-22(20,12-16(18)14-8-4-2-5-9-14)13-17(19)15-10-6-3-7-11-15/h2-13H,1H3/b16-12-,17-13-. The van der Waals surface area contributed by atoms with Gasteiger partial charge < -0.3 is 4.52 Å². The molecule has 0 radical (unpaired) electrons. The van der Waals surface area contributed by atoms with E-state index < -0.39 is 7.37 Å². The Hall–Kier alpha value is -1.31. The molecule has 0 saturated carbocycles. The third-order valence-corrected chi connectivity index (χ3v) is 5.74. The molecule has 0 amide bonds. The van der Waals surface area contributed by atoms with E-state index in [4.69, 9.17) is 27.7 Å². The SMILES string of the molecule is COP(=O)(/C=C(\Cl)c1ccccc1)/C=C(\Cl)c1ccccc1. The highest BCUT2D eigenvalue weighted by atomic mass is 35.5. The second-order valence-electron chi connectivity index (χ2n) is 4.51. The molecule has 2 nitrogen and oxygen atoms in total. The zero-order valence-electron chi connectivity index (χ0n) is 11.9. The molecule has 0 aliphatic carbocycles. The van der Waals surface area contributed by atoms with Gasteiger partial charge in [0.1, 0.15) is 0 Å². The van der Waals surface area contributed by atoms with Crippen LogP contribution >= 0.6 is 30.6 Å². The third kappa shape index (κ3) is 4.59. The van der Waals surface area contributed by atoms with Gasteiger partial charge >= 0.3 is 0 Å². The van der Waals surface area contributed by atoms with Gasteiger partial charge in [-0.1, -0.05) is 83.9 Å².